The number of aromatic nitrogens is 3. The predicted molar refractivity (Wildman–Crippen MR) is 98.1 cm³/mol. The van der Waals surface area contributed by atoms with Gasteiger partial charge in [-0.05, 0) is 46.5 Å². The number of hydrogen-bond donors (Lipinski definition) is 1. The van der Waals surface area contributed by atoms with Crippen molar-refractivity contribution in [1.82, 2.24) is 19.8 Å². The number of carbonyl (C=O) groups excluding carboxylic acids is 1. The molecule has 140 valence electrons. The molecule has 1 aliphatic carbocycles. The van der Waals surface area contributed by atoms with E-state index in [2.05, 4.69) is 15.6 Å². The van der Waals surface area contributed by atoms with Crippen molar-refractivity contribution >= 4 is 11.8 Å². The summed E-state index contributed by atoms with van der Waals surface area (Å²) in [5, 5.41) is 11.8. The van der Waals surface area contributed by atoms with Crippen LogP contribution in [0.4, 0.5) is 10.6 Å². The minimum atomic E-state index is -0.0633. The van der Waals surface area contributed by atoms with E-state index in [-0.39, 0.29) is 12.1 Å². The molecule has 2 aromatic rings. The van der Waals surface area contributed by atoms with E-state index in [4.69, 9.17) is 4.52 Å². The van der Waals surface area contributed by atoms with Gasteiger partial charge in [-0.25, -0.2) is 9.48 Å². The van der Waals surface area contributed by atoms with Gasteiger partial charge in [0.2, 0.25) is 0 Å². The maximum absolute atomic E-state index is 13.0. The molecule has 1 unspecified atom stereocenters. The summed E-state index contributed by atoms with van der Waals surface area (Å²) >= 11 is 0. The topological polar surface area (TPSA) is 76.2 Å². The van der Waals surface area contributed by atoms with E-state index in [9.17, 15) is 4.79 Å². The van der Waals surface area contributed by atoms with Crippen molar-refractivity contribution in [2.75, 3.05) is 11.9 Å². The highest BCUT2D eigenvalue weighted by Crippen LogP contribution is 2.36. The largest absolute Gasteiger partial charge is 0.361 e. The van der Waals surface area contributed by atoms with Gasteiger partial charge in [-0.3, -0.25) is 5.32 Å². The third kappa shape index (κ3) is 2.99. The van der Waals surface area contributed by atoms with Crippen LogP contribution in [0.5, 0.6) is 0 Å². The van der Waals surface area contributed by atoms with E-state index in [1.807, 2.05) is 36.4 Å². The number of amides is 2. The lowest BCUT2D eigenvalue weighted by atomic mass is 10.0. The fraction of sp³-hybridized carbons (Fsp3) is 0.632. The highest BCUT2D eigenvalue weighted by Gasteiger charge is 2.34. The van der Waals surface area contributed by atoms with E-state index >= 15 is 0 Å². The molecule has 0 aromatic carbocycles. The van der Waals surface area contributed by atoms with Crippen molar-refractivity contribution < 1.29 is 9.32 Å². The van der Waals surface area contributed by atoms with Crippen LogP contribution in [0.2, 0.25) is 0 Å². The molecule has 26 heavy (non-hydrogen) atoms. The van der Waals surface area contributed by atoms with Crippen molar-refractivity contribution in [3.8, 4) is 0 Å². The minimum Gasteiger partial charge on any atom is -0.361 e. The zero-order valence-electron chi connectivity index (χ0n) is 15.8. The van der Waals surface area contributed by atoms with E-state index in [1.165, 1.54) is 12.8 Å². The Kier molecular flexibility index (Phi) is 4.46. The average molecular weight is 357 g/mol. The van der Waals surface area contributed by atoms with Crippen molar-refractivity contribution in [2.45, 2.75) is 71.4 Å². The van der Waals surface area contributed by atoms with Gasteiger partial charge in [0.05, 0.1) is 23.5 Å². The third-order valence-corrected chi connectivity index (χ3v) is 5.70. The van der Waals surface area contributed by atoms with Gasteiger partial charge in [0.25, 0.3) is 0 Å². The third-order valence-electron chi connectivity index (χ3n) is 5.70. The van der Waals surface area contributed by atoms with Gasteiger partial charge >= 0.3 is 6.03 Å². The van der Waals surface area contributed by atoms with Gasteiger partial charge in [-0.2, -0.15) is 5.10 Å². The number of anilines is 1. The number of hydrogen-bond acceptors (Lipinski definition) is 4. The summed E-state index contributed by atoms with van der Waals surface area (Å²) in [4.78, 5) is 15.0. The molecule has 0 spiro atoms. The lowest BCUT2D eigenvalue weighted by Gasteiger charge is -2.25. The zero-order chi connectivity index (χ0) is 18.3. The number of nitrogens with one attached hydrogen (secondary N) is 1. The molecular formula is C19H27N5O2. The fourth-order valence-corrected chi connectivity index (χ4v) is 4.49. The number of rotatable bonds is 3. The molecule has 0 radical (unpaired) electrons. The number of nitrogens with zero attached hydrogens (tertiary/aromatic N) is 4. The van der Waals surface area contributed by atoms with Crippen LogP contribution >= 0.6 is 0 Å². The molecule has 2 aromatic heterocycles. The fourth-order valence-electron chi connectivity index (χ4n) is 4.49. The highest BCUT2D eigenvalue weighted by atomic mass is 16.5. The van der Waals surface area contributed by atoms with E-state index < -0.39 is 0 Å². The molecule has 2 amide bonds. The molecule has 1 saturated carbocycles. The molecule has 4 rings (SSSR count). The van der Waals surface area contributed by atoms with Crippen LogP contribution in [0.15, 0.2) is 10.6 Å². The van der Waals surface area contributed by atoms with E-state index in [0.29, 0.717) is 6.04 Å². The van der Waals surface area contributed by atoms with Crippen LogP contribution in [0.3, 0.4) is 0 Å². The average Bonchev–Trinajstić information content (AvgIpc) is 3.35. The first-order valence-corrected chi connectivity index (χ1v) is 9.61. The lowest BCUT2D eigenvalue weighted by Crippen LogP contribution is -2.35. The Morgan fingerprint density at radius 1 is 1.19 bits per heavy atom. The lowest BCUT2D eigenvalue weighted by molar-refractivity contribution is 0.206. The van der Waals surface area contributed by atoms with Crippen molar-refractivity contribution in [2.24, 2.45) is 0 Å². The van der Waals surface area contributed by atoms with Gasteiger partial charge in [0.15, 0.2) is 0 Å². The maximum atomic E-state index is 13.0. The standard InChI is InChI=1S/C19H27N5O2/c1-12-11-17(24(21-12)15-7-4-5-8-15)20-19(25)23-10-6-9-16(23)18-13(2)22-26-14(18)3/h11,15-16H,4-10H2,1-3H3,(H,20,25). The first-order valence-electron chi connectivity index (χ1n) is 9.61. The van der Waals surface area contributed by atoms with Crippen LogP contribution < -0.4 is 5.32 Å². The minimum absolute atomic E-state index is 0.0326. The number of likely N-dealkylation sites (tertiary alicyclic amines) is 1. The Bertz CT molecular complexity index is 783. The Labute approximate surface area is 153 Å². The quantitative estimate of drug-likeness (QED) is 0.889. The van der Waals surface area contributed by atoms with Gasteiger partial charge in [0, 0.05) is 18.2 Å². The Morgan fingerprint density at radius 2 is 1.96 bits per heavy atom. The van der Waals surface area contributed by atoms with Gasteiger partial charge in [-0.1, -0.05) is 18.0 Å². The number of urea groups is 1. The normalized spacial score (nSPS) is 20.9. The molecule has 2 fully saturated rings. The second-order valence-electron chi connectivity index (χ2n) is 7.57. The molecule has 7 heteroatoms. The second-order valence-corrected chi connectivity index (χ2v) is 7.57. The molecule has 7 nitrogen and oxygen atoms in total. The second kappa shape index (κ2) is 6.78. The van der Waals surface area contributed by atoms with Gasteiger partial charge < -0.3 is 9.42 Å². The molecule has 1 saturated heterocycles. The smallest absolute Gasteiger partial charge is 0.323 e. The van der Waals surface area contributed by atoms with Crippen molar-refractivity contribution in [3.63, 3.8) is 0 Å². The summed E-state index contributed by atoms with van der Waals surface area (Å²) < 4.78 is 7.34. The van der Waals surface area contributed by atoms with Crippen molar-refractivity contribution in [1.29, 1.82) is 0 Å². The molecule has 0 bridgehead atoms. The Balaban J connectivity index is 1.55. The molecule has 1 aliphatic heterocycles. The molecular weight excluding hydrogens is 330 g/mol. The summed E-state index contributed by atoms with van der Waals surface area (Å²) in [6, 6.07) is 2.34. The maximum Gasteiger partial charge on any atom is 0.323 e. The summed E-state index contributed by atoms with van der Waals surface area (Å²) in [5.74, 6) is 1.61. The monoisotopic (exact) mass is 357 g/mol. The van der Waals surface area contributed by atoms with Gasteiger partial charge in [0.1, 0.15) is 11.6 Å². The summed E-state index contributed by atoms with van der Waals surface area (Å²) in [6.07, 6.45) is 6.67. The Morgan fingerprint density at radius 3 is 2.65 bits per heavy atom. The molecule has 2 aliphatic rings. The molecule has 1 atom stereocenters. The van der Waals surface area contributed by atoms with Gasteiger partial charge in [-0.15, -0.1) is 0 Å². The van der Waals surface area contributed by atoms with E-state index in [1.54, 1.807) is 0 Å². The predicted octanol–water partition coefficient (Wildman–Crippen LogP) is 4.28. The van der Waals surface area contributed by atoms with Crippen LogP contribution in [0, 0.1) is 20.8 Å². The first-order chi connectivity index (χ1) is 12.5. The summed E-state index contributed by atoms with van der Waals surface area (Å²) in [5.41, 5.74) is 2.87. The highest BCUT2D eigenvalue weighted by molar-refractivity contribution is 5.89. The van der Waals surface area contributed by atoms with Crippen molar-refractivity contribution in [3.05, 3.63) is 28.8 Å². The Hall–Kier alpha value is -2.31. The first kappa shape index (κ1) is 17.1. The number of carbonyl (C=O) groups is 1. The molecule has 3 heterocycles. The zero-order valence-corrected chi connectivity index (χ0v) is 15.8. The van der Waals surface area contributed by atoms with Crippen LogP contribution in [0.25, 0.3) is 0 Å². The van der Waals surface area contributed by atoms with Crippen LogP contribution in [-0.4, -0.2) is 32.4 Å². The molecule has 1 N–H and O–H groups in total. The SMILES string of the molecule is Cc1cc(NC(=O)N2CCCC2c2c(C)noc2C)n(C2CCCC2)n1. The van der Waals surface area contributed by atoms with Crippen LogP contribution in [-0.2, 0) is 0 Å². The van der Waals surface area contributed by atoms with E-state index in [0.717, 1.165) is 60.8 Å². The number of aryl methyl sites for hydroxylation is 3. The summed E-state index contributed by atoms with van der Waals surface area (Å²) in [6.45, 7) is 6.59. The summed E-state index contributed by atoms with van der Waals surface area (Å²) in [7, 11) is 0. The van der Waals surface area contributed by atoms with Crippen LogP contribution in [0.1, 0.15) is 73.3 Å².